The van der Waals surface area contributed by atoms with Crippen molar-refractivity contribution in [2.24, 2.45) is 0 Å². The van der Waals surface area contributed by atoms with Crippen molar-refractivity contribution >= 4 is 21.6 Å². The van der Waals surface area contributed by atoms with Gasteiger partial charge >= 0.3 is 0 Å². The number of hydrogen-bond acceptors (Lipinski definition) is 6. The molecule has 3 heterocycles. The first-order valence-corrected chi connectivity index (χ1v) is 11.0. The molecule has 1 aliphatic rings. The van der Waals surface area contributed by atoms with Crippen LogP contribution in [0.15, 0.2) is 53.9 Å². The van der Waals surface area contributed by atoms with Crippen LogP contribution < -0.4 is 5.32 Å². The molecule has 1 aromatic carbocycles. The second kappa shape index (κ2) is 7.96. The van der Waals surface area contributed by atoms with Crippen molar-refractivity contribution in [3.8, 4) is 5.82 Å². The molecule has 0 spiro atoms. The molecule has 0 unspecified atom stereocenters. The number of carbonyl (C=O) groups is 1. The molecular formula is C20H22N6O3S. The van der Waals surface area contributed by atoms with Crippen LogP contribution in [0.25, 0.3) is 5.82 Å². The van der Waals surface area contributed by atoms with E-state index in [9.17, 15) is 13.2 Å². The summed E-state index contributed by atoms with van der Waals surface area (Å²) in [6, 6.07) is 5.80. The lowest BCUT2D eigenvalue weighted by molar-refractivity contribution is -0.114. The Morgan fingerprint density at radius 2 is 1.97 bits per heavy atom. The summed E-state index contributed by atoms with van der Waals surface area (Å²) in [5, 5.41) is 2.64. The number of benzene rings is 1. The number of nitrogens with one attached hydrogen (secondary N) is 1. The number of imidazole rings is 1. The van der Waals surface area contributed by atoms with Crippen LogP contribution in [0.4, 0.5) is 5.69 Å². The Hall–Kier alpha value is -3.11. The number of anilines is 1. The standard InChI is InChI=1S/C20H22N6O3S/c1-14-22-9-11-25(14)20-13-21-12-18(24-20)19-4-3-10-26(19)30(28,29)17-7-5-16(6-8-17)23-15(2)27/h5-9,11-13,19H,3-4,10H2,1-2H3,(H,23,27)/t19-/m0/s1. The van der Waals surface area contributed by atoms with Gasteiger partial charge in [0.05, 0.1) is 29.0 Å². The Bertz CT molecular complexity index is 1170. The summed E-state index contributed by atoms with van der Waals surface area (Å²) in [7, 11) is -3.72. The highest BCUT2D eigenvalue weighted by Gasteiger charge is 2.37. The number of aryl methyl sites for hydroxylation is 1. The average molecular weight is 427 g/mol. The van der Waals surface area contributed by atoms with E-state index in [0.29, 0.717) is 30.2 Å². The van der Waals surface area contributed by atoms with Gasteiger partial charge in [-0.3, -0.25) is 14.3 Å². The zero-order valence-corrected chi connectivity index (χ0v) is 17.5. The maximum atomic E-state index is 13.3. The highest BCUT2D eigenvalue weighted by molar-refractivity contribution is 7.89. The molecule has 4 rings (SSSR count). The predicted molar refractivity (Wildman–Crippen MR) is 111 cm³/mol. The van der Waals surface area contributed by atoms with E-state index >= 15 is 0 Å². The van der Waals surface area contributed by atoms with Crippen molar-refractivity contribution in [3.05, 3.63) is 60.6 Å². The molecular weight excluding hydrogens is 404 g/mol. The van der Waals surface area contributed by atoms with Gasteiger partial charge in [0.2, 0.25) is 15.9 Å². The minimum absolute atomic E-state index is 0.179. The summed E-state index contributed by atoms with van der Waals surface area (Å²) in [5.74, 6) is 1.17. The maximum absolute atomic E-state index is 13.3. The van der Waals surface area contributed by atoms with E-state index in [-0.39, 0.29) is 16.8 Å². The summed E-state index contributed by atoms with van der Waals surface area (Å²) in [6.45, 7) is 3.68. The van der Waals surface area contributed by atoms with E-state index < -0.39 is 10.0 Å². The first-order chi connectivity index (χ1) is 14.4. The monoisotopic (exact) mass is 426 g/mol. The van der Waals surface area contributed by atoms with Crippen LogP contribution in [-0.4, -0.2) is 44.7 Å². The fourth-order valence-electron chi connectivity index (χ4n) is 3.64. The van der Waals surface area contributed by atoms with E-state index in [1.165, 1.54) is 23.4 Å². The van der Waals surface area contributed by atoms with Gasteiger partial charge in [-0.05, 0) is 44.0 Å². The zero-order valence-electron chi connectivity index (χ0n) is 16.7. The Labute approximate surface area is 174 Å². The van der Waals surface area contributed by atoms with Crippen molar-refractivity contribution < 1.29 is 13.2 Å². The molecule has 1 fully saturated rings. The Morgan fingerprint density at radius 1 is 1.20 bits per heavy atom. The number of aromatic nitrogens is 4. The third-order valence-corrected chi connectivity index (χ3v) is 6.96. The SMILES string of the molecule is CC(=O)Nc1ccc(S(=O)(=O)N2CCC[C@H]2c2cncc(-n3ccnc3C)n2)cc1. The second-order valence-corrected chi connectivity index (χ2v) is 9.02. The topological polar surface area (TPSA) is 110 Å². The summed E-state index contributed by atoms with van der Waals surface area (Å²) in [4.78, 5) is 24.5. The van der Waals surface area contributed by atoms with Crippen LogP contribution in [0.3, 0.4) is 0 Å². The molecule has 1 N–H and O–H groups in total. The van der Waals surface area contributed by atoms with Crippen molar-refractivity contribution in [1.29, 1.82) is 0 Å². The smallest absolute Gasteiger partial charge is 0.243 e. The lowest BCUT2D eigenvalue weighted by Gasteiger charge is -2.24. The normalized spacial score (nSPS) is 17.2. The molecule has 1 saturated heterocycles. The predicted octanol–water partition coefficient (Wildman–Crippen LogP) is 2.45. The third kappa shape index (κ3) is 3.83. The van der Waals surface area contributed by atoms with Crippen molar-refractivity contribution in [2.75, 3.05) is 11.9 Å². The first kappa shape index (κ1) is 20.2. The summed E-state index contributed by atoms with van der Waals surface area (Å²) < 4.78 is 29.9. The maximum Gasteiger partial charge on any atom is 0.243 e. The van der Waals surface area contributed by atoms with Crippen LogP contribution in [0, 0.1) is 6.92 Å². The molecule has 3 aromatic rings. The molecule has 0 bridgehead atoms. The van der Waals surface area contributed by atoms with Crippen LogP contribution in [0.5, 0.6) is 0 Å². The van der Waals surface area contributed by atoms with E-state index in [1.807, 2.05) is 11.5 Å². The fraction of sp³-hybridized carbons (Fsp3) is 0.300. The van der Waals surface area contributed by atoms with Gasteiger partial charge in [-0.25, -0.2) is 18.4 Å². The van der Waals surface area contributed by atoms with E-state index in [4.69, 9.17) is 0 Å². The Kier molecular flexibility index (Phi) is 5.35. The molecule has 0 aliphatic carbocycles. The van der Waals surface area contributed by atoms with Gasteiger partial charge < -0.3 is 5.32 Å². The number of hydrogen-bond donors (Lipinski definition) is 1. The van der Waals surface area contributed by atoms with Crippen molar-refractivity contribution in [1.82, 2.24) is 23.8 Å². The van der Waals surface area contributed by atoms with Gasteiger partial charge in [0, 0.05) is 31.5 Å². The minimum Gasteiger partial charge on any atom is -0.326 e. The van der Waals surface area contributed by atoms with Gasteiger partial charge in [-0.15, -0.1) is 0 Å². The van der Waals surface area contributed by atoms with Crippen LogP contribution in [0.1, 0.15) is 37.3 Å². The van der Waals surface area contributed by atoms with Gasteiger partial charge in [-0.2, -0.15) is 4.31 Å². The quantitative estimate of drug-likeness (QED) is 0.671. The van der Waals surface area contributed by atoms with Gasteiger partial charge in [0.1, 0.15) is 5.82 Å². The molecule has 30 heavy (non-hydrogen) atoms. The van der Waals surface area contributed by atoms with Crippen molar-refractivity contribution in [2.45, 2.75) is 37.6 Å². The van der Waals surface area contributed by atoms with Gasteiger partial charge in [-0.1, -0.05) is 0 Å². The summed E-state index contributed by atoms with van der Waals surface area (Å²) in [6.07, 6.45) is 8.14. The zero-order chi connectivity index (χ0) is 21.3. The van der Waals surface area contributed by atoms with Crippen LogP contribution in [0.2, 0.25) is 0 Å². The van der Waals surface area contributed by atoms with Crippen LogP contribution >= 0.6 is 0 Å². The lowest BCUT2D eigenvalue weighted by Crippen LogP contribution is -2.31. The number of rotatable bonds is 5. The molecule has 156 valence electrons. The highest BCUT2D eigenvalue weighted by atomic mass is 32.2. The second-order valence-electron chi connectivity index (χ2n) is 7.13. The summed E-state index contributed by atoms with van der Waals surface area (Å²) in [5.41, 5.74) is 1.16. The van der Waals surface area contributed by atoms with Gasteiger partial charge in [0.25, 0.3) is 0 Å². The Morgan fingerprint density at radius 3 is 2.63 bits per heavy atom. The van der Waals surface area contributed by atoms with E-state index in [0.717, 1.165) is 12.2 Å². The molecule has 1 atom stereocenters. The number of amides is 1. The number of nitrogens with zero attached hydrogens (tertiary/aromatic N) is 5. The molecule has 0 radical (unpaired) electrons. The van der Waals surface area contributed by atoms with E-state index in [1.54, 1.807) is 36.9 Å². The van der Waals surface area contributed by atoms with E-state index in [2.05, 4.69) is 20.3 Å². The number of sulfonamides is 1. The molecule has 10 heteroatoms. The molecule has 9 nitrogen and oxygen atoms in total. The number of carbonyl (C=O) groups excluding carboxylic acids is 1. The highest BCUT2D eigenvalue weighted by Crippen LogP contribution is 2.36. The van der Waals surface area contributed by atoms with Crippen molar-refractivity contribution in [3.63, 3.8) is 0 Å². The van der Waals surface area contributed by atoms with Crippen LogP contribution in [-0.2, 0) is 14.8 Å². The molecule has 1 aliphatic heterocycles. The minimum atomic E-state index is -3.72. The first-order valence-electron chi connectivity index (χ1n) is 9.58. The summed E-state index contributed by atoms with van der Waals surface area (Å²) >= 11 is 0. The molecule has 2 aromatic heterocycles. The Balaban J connectivity index is 1.63. The third-order valence-electron chi connectivity index (χ3n) is 5.04. The molecule has 1 amide bonds. The lowest BCUT2D eigenvalue weighted by atomic mass is 10.2. The largest absolute Gasteiger partial charge is 0.326 e. The fourth-order valence-corrected chi connectivity index (χ4v) is 5.31. The molecule has 0 saturated carbocycles. The average Bonchev–Trinajstić information content (AvgIpc) is 3.37. The van der Waals surface area contributed by atoms with Gasteiger partial charge in [0.15, 0.2) is 5.82 Å².